The van der Waals surface area contributed by atoms with Crippen molar-refractivity contribution >= 4 is 0 Å². The average molecular weight is 258 g/mol. The molecule has 3 heteroatoms. The molecule has 0 aliphatic rings. The predicted octanol–water partition coefficient (Wildman–Crippen LogP) is 3.17. The third-order valence-electron chi connectivity index (χ3n) is 3.65. The summed E-state index contributed by atoms with van der Waals surface area (Å²) in [4.78, 5) is 0. The molecule has 0 saturated carbocycles. The second-order valence-corrected chi connectivity index (χ2v) is 5.04. The number of benzene rings is 1. The first-order valence-corrected chi connectivity index (χ1v) is 6.94. The van der Waals surface area contributed by atoms with E-state index in [1.54, 1.807) is 0 Å². The predicted molar refractivity (Wildman–Crippen MR) is 77.2 cm³/mol. The molecule has 2 unspecified atom stereocenters. The monoisotopic (exact) mass is 258 g/mol. The van der Waals surface area contributed by atoms with Crippen molar-refractivity contribution in [3.8, 4) is 0 Å². The van der Waals surface area contributed by atoms with Gasteiger partial charge < -0.3 is 5.11 Å². The molecule has 1 aromatic carbocycles. The molecule has 2 atom stereocenters. The highest BCUT2D eigenvalue weighted by molar-refractivity contribution is 5.21. The third kappa shape index (κ3) is 3.44. The molecular formula is C16H22N2O. The van der Waals surface area contributed by atoms with Gasteiger partial charge in [0.15, 0.2) is 0 Å². The largest absolute Gasteiger partial charge is 0.396 e. The SMILES string of the molecule is CCC(C)n1ccc(CC(CO)c2ccccc2)n1. The Morgan fingerprint density at radius 3 is 2.58 bits per heavy atom. The van der Waals surface area contributed by atoms with Crippen LogP contribution < -0.4 is 0 Å². The minimum Gasteiger partial charge on any atom is -0.396 e. The van der Waals surface area contributed by atoms with Crippen LogP contribution in [0.3, 0.4) is 0 Å². The lowest BCUT2D eigenvalue weighted by atomic mass is 9.95. The lowest BCUT2D eigenvalue weighted by Gasteiger charge is -2.13. The van der Waals surface area contributed by atoms with Gasteiger partial charge in [0.25, 0.3) is 0 Å². The van der Waals surface area contributed by atoms with Gasteiger partial charge in [0, 0.05) is 24.6 Å². The number of aromatic nitrogens is 2. The van der Waals surface area contributed by atoms with Gasteiger partial charge in [0.2, 0.25) is 0 Å². The zero-order valence-electron chi connectivity index (χ0n) is 11.7. The maximum atomic E-state index is 9.57. The van der Waals surface area contributed by atoms with Crippen LogP contribution in [0.1, 0.15) is 43.5 Å². The summed E-state index contributed by atoms with van der Waals surface area (Å²) < 4.78 is 2.01. The van der Waals surface area contributed by atoms with Crippen LogP contribution in [0.25, 0.3) is 0 Å². The summed E-state index contributed by atoms with van der Waals surface area (Å²) in [6.45, 7) is 4.48. The van der Waals surface area contributed by atoms with Crippen molar-refractivity contribution in [3.05, 3.63) is 53.9 Å². The highest BCUT2D eigenvalue weighted by Gasteiger charge is 2.13. The Bertz CT molecular complexity index is 492. The molecule has 0 radical (unpaired) electrons. The molecule has 0 amide bonds. The normalized spacial score (nSPS) is 14.3. The van der Waals surface area contributed by atoms with Gasteiger partial charge in [-0.05, 0) is 25.0 Å². The van der Waals surface area contributed by atoms with E-state index in [0.29, 0.717) is 6.04 Å². The Hall–Kier alpha value is -1.61. The van der Waals surface area contributed by atoms with E-state index >= 15 is 0 Å². The van der Waals surface area contributed by atoms with Crippen LogP contribution in [0.2, 0.25) is 0 Å². The molecule has 1 N–H and O–H groups in total. The molecule has 19 heavy (non-hydrogen) atoms. The molecule has 0 bridgehead atoms. The average Bonchev–Trinajstić information content (AvgIpc) is 2.93. The number of aliphatic hydroxyl groups is 1. The maximum Gasteiger partial charge on any atom is 0.0631 e. The Balaban J connectivity index is 2.09. The maximum absolute atomic E-state index is 9.57. The molecule has 0 aliphatic carbocycles. The number of hydrogen-bond donors (Lipinski definition) is 1. The van der Waals surface area contributed by atoms with Crippen molar-refractivity contribution in [3.63, 3.8) is 0 Å². The summed E-state index contributed by atoms with van der Waals surface area (Å²) in [5, 5.41) is 14.2. The smallest absolute Gasteiger partial charge is 0.0631 e. The van der Waals surface area contributed by atoms with Crippen molar-refractivity contribution < 1.29 is 5.11 Å². The van der Waals surface area contributed by atoms with E-state index < -0.39 is 0 Å². The van der Waals surface area contributed by atoms with Crippen molar-refractivity contribution in [2.24, 2.45) is 0 Å². The molecule has 2 aromatic rings. The molecule has 102 valence electrons. The standard InChI is InChI=1S/C16H22N2O/c1-3-13(2)18-10-9-16(17-18)11-15(12-19)14-7-5-4-6-8-14/h4-10,13,15,19H,3,11-12H2,1-2H3. The van der Waals surface area contributed by atoms with Gasteiger partial charge >= 0.3 is 0 Å². The van der Waals surface area contributed by atoms with Crippen molar-refractivity contribution in [2.45, 2.75) is 38.6 Å². The first-order chi connectivity index (χ1) is 9.24. The zero-order chi connectivity index (χ0) is 13.7. The van der Waals surface area contributed by atoms with Gasteiger partial charge in [-0.15, -0.1) is 0 Å². The Morgan fingerprint density at radius 1 is 1.21 bits per heavy atom. The fraction of sp³-hybridized carbons (Fsp3) is 0.438. The first kappa shape index (κ1) is 13.8. The van der Waals surface area contributed by atoms with E-state index in [0.717, 1.165) is 18.5 Å². The summed E-state index contributed by atoms with van der Waals surface area (Å²) in [6, 6.07) is 12.6. The zero-order valence-corrected chi connectivity index (χ0v) is 11.7. The highest BCUT2D eigenvalue weighted by Crippen LogP contribution is 2.20. The molecule has 0 spiro atoms. The minimum absolute atomic E-state index is 0.126. The van der Waals surface area contributed by atoms with Crippen LogP contribution >= 0.6 is 0 Å². The summed E-state index contributed by atoms with van der Waals surface area (Å²) in [7, 11) is 0. The summed E-state index contributed by atoms with van der Waals surface area (Å²) in [6.07, 6.45) is 3.89. The Labute approximate surface area is 114 Å². The second-order valence-electron chi connectivity index (χ2n) is 5.04. The fourth-order valence-corrected chi connectivity index (χ4v) is 2.18. The molecule has 3 nitrogen and oxygen atoms in total. The van der Waals surface area contributed by atoms with Gasteiger partial charge in [-0.25, -0.2) is 0 Å². The summed E-state index contributed by atoms with van der Waals surface area (Å²) in [5.74, 6) is 0.126. The molecule has 0 aliphatic heterocycles. The topological polar surface area (TPSA) is 38.0 Å². The van der Waals surface area contributed by atoms with Crippen LogP contribution in [0.4, 0.5) is 0 Å². The van der Waals surface area contributed by atoms with Gasteiger partial charge in [0.1, 0.15) is 0 Å². The van der Waals surface area contributed by atoms with Gasteiger partial charge in [0.05, 0.1) is 12.3 Å². The van der Waals surface area contributed by atoms with Crippen molar-refractivity contribution in [2.75, 3.05) is 6.61 Å². The summed E-state index contributed by atoms with van der Waals surface area (Å²) in [5.41, 5.74) is 2.21. The first-order valence-electron chi connectivity index (χ1n) is 6.94. The van der Waals surface area contributed by atoms with Crippen molar-refractivity contribution in [1.29, 1.82) is 0 Å². The third-order valence-corrected chi connectivity index (χ3v) is 3.65. The highest BCUT2D eigenvalue weighted by atomic mass is 16.3. The minimum atomic E-state index is 0.126. The number of hydrogen-bond acceptors (Lipinski definition) is 2. The van der Waals surface area contributed by atoms with Gasteiger partial charge in [-0.2, -0.15) is 5.10 Å². The van der Waals surface area contributed by atoms with Gasteiger partial charge in [-0.1, -0.05) is 37.3 Å². The molecule has 0 fully saturated rings. The van der Waals surface area contributed by atoms with Gasteiger partial charge in [-0.3, -0.25) is 4.68 Å². The quantitative estimate of drug-likeness (QED) is 0.864. The van der Waals surface area contributed by atoms with Crippen LogP contribution in [-0.2, 0) is 6.42 Å². The van der Waals surface area contributed by atoms with Crippen LogP contribution in [0, 0.1) is 0 Å². The van der Waals surface area contributed by atoms with Crippen molar-refractivity contribution in [1.82, 2.24) is 9.78 Å². The molecular weight excluding hydrogens is 236 g/mol. The van der Waals surface area contributed by atoms with E-state index in [-0.39, 0.29) is 12.5 Å². The molecule has 1 aromatic heterocycles. The van der Waals surface area contributed by atoms with E-state index in [9.17, 15) is 5.11 Å². The summed E-state index contributed by atoms with van der Waals surface area (Å²) >= 11 is 0. The molecule has 2 rings (SSSR count). The van der Waals surface area contributed by atoms with Crippen LogP contribution in [-0.4, -0.2) is 21.5 Å². The van der Waals surface area contributed by atoms with Crippen LogP contribution in [0.15, 0.2) is 42.6 Å². The Kier molecular flexibility index (Phi) is 4.74. The lowest BCUT2D eigenvalue weighted by molar-refractivity contribution is 0.263. The number of rotatable bonds is 6. The van der Waals surface area contributed by atoms with E-state index in [1.165, 1.54) is 5.56 Å². The number of nitrogens with zero attached hydrogens (tertiary/aromatic N) is 2. The fourth-order valence-electron chi connectivity index (χ4n) is 2.18. The second kappa shape index (κ2) is 6.53. The van der Waals surface area contributed by atoms with Crippen LogP contribution in [0.5, 0.6) is 0 Å². The van der Waals surface area contributed by atoms with E-state index in [4.69, 9.17) is 0 Å². The Morgan fingerprint density at radius 2 is 1.95 bits per heavy atom. The van der Waals surface area contributed by atoms with E-state index in [2.05, 4.69) is 37.1 Å². The molecule has 0 saturated heterocycles. The molecule has 1 heterocycles. The van der Waals surface area contributed by atoms with E-state index in [1.807, 2.05) is 29.1 Å². The number of aliphatic hydroxyl groups excluding tert-OH is 1. The lowest BCUT2D eigenvalue weighted by Crippen LogP contribution is -2.10.